The number of benzene rings is 1. The third-order valence-electron chi connectivity index (χ3n) is 8.32. The van der Waals surface area contributed by atoms with Gasteiger partial charge in [0.15, 0.2) is 17.3 Å². The zero-order chi connectivity index (χ0) is 23.6. The lowest BCUT2D eigenvalue weighted by Crippen LogP contribution is -2.26. The summed E-state index contributed by atoms with van der Waals surface area (Å²) in [5, 5.41) is 10.2. The molecule has 0 atom stereocenters. The number of phenolic OH excluding ortho intramolecular Hbond substituents is 1. The van der Waals surface area contributed by atoms with Gasteiger partial charge in [-0.05, 0) is 81.3 Å². The van der Waals surface area contributed by atoms with Crippen molar-refractivity contribution in [3.63, 3.8) is 0 Å². The summed E-state index contributed by atoms with van der Waals surface area (Å²) in [6, 6.07) is 2.95. The lowest BCUT2D eigenvalue weighted by atomic mass is 9.68. The molecule has 0 heterocycles. The first kappa shape index (κ1) is 26.0. The number of rotatable bonds is 12. The Hall–Kier alpha value is -1.58. The average molecular weight is 461 g/mol. The topological polar surface area (TPSA) is 46.5 Å². The molecule has 0 bridgehead atoms. The Morgan fingerprint density at radius 1 is 0.909 bits per heavy atom. The predicted octanol–water partition coefficient (Wildman–Crippen LogP) is 8.48. The highest BCUT2D eigenvalue weighted by Crippen LogP contribution is 2.43. The van der Waals surface area contributed by atoms with Crippen LogP contribution in [-0.4, -0.2) is 17.5 Å². The van der Waals surface area contributed by atoms with Crippen LogP contribution < -0.4 is 4.74 Å². The Morgan fingerprint density at radius 3 is 2.12 bits per heavy atom. The normalized spacial score (nSPS) is 25.7. The molecule has 0 amide bonds. The van der Waals surface area contributed by atoms with Crippen molar-refractivity contribution in [2.75, 3.05) is 6.61 Å². The van der Waals surface area contributed by atoms with Gasteiger partial charge in [-0.25, -0.2) is 0 Å². The van der Waals surface area contributed by atoms with Crippen LogP contribution in [-0.2, 0) is 0 Å². The molecule has 186 valence electrons. The summed E-state index contributed by atoms with van der Waals surface area (Å²) < 4.78 is 19.4. The quantitative estimate of drug-likeness (QED) is 0.251. The molecule has 0 aromatic heterocycles. The molecular weight excluding hydrogens is 415 g/mol. The molecule has 1 aromatic rings. The summed E-state index contributed by atoms with van der Waals surface area (Å²) >= 11 is 0. The van der Waals surface area contributed by atoms with Crippen molar-refractivity contribution in [2.24, 2.45) is 23.7 Å². The van der Waals surface area contributed by atoms with E-state index in [-0.39, 0.29) is 17.1 Å². The van der Waals surface area contributed by atoms with E-state index in [0.29, 0.717) is 18.9 Å². The van der Waals surface area contributed by atoms with E-state index in [9.17, 15) is 14.3 Å². The average Bonchev–Trinajstić information content (AvgIpc) is 2.83. The molecule has 0 radical (unpaired) electrons. The Bertz CT molecular complexity index is 731. The molecule has 2 aliphatic carbocycles. The van der Waals surface area contributed by atoms with Gasteiger partial charge in [0, 0.05) is 6.42 Å². The third kappa shape index (κ3) is 7.45. The van der Waals surface area contributed by atoms with Crippen LogP contribution in [0, 0.1) is 29.5 Å². The summed E-state index contributed by atoms with van der Waals surface area (Å²) in [7, 11) is 0. The van der Waals surface area contributed by atoms with Gasteiger partial charge in [0.2, 0.25) is 5.82 Å². The van der Waals surface area contributed by atoms with Crippen LogP contribution in [0.15, 0.2) is 12.1 Å². The monoisotopic (exact) mass is 460 g/mol. The minimum absolute atomic E-state index is 0.00160. The largest absolute Gasteiger partial charge is 0.504 e. The van der Waals surface area contributed by atoms with E-state index in [2.05, 4.69) is 6.92 Å². The zero-order valence-corrected chi connectivity index (χ0v) is 20.9. The number of ketones is 1. The molecule has 3 rings (SSSR count). The summed E-state index contributed by atoms with van der Waals surface area (Å²) in [6.07, 6.45) is 19.0. The van der Waals surface area contributed by atoms with Gasteiger partial charge in [0.25, 0.3) is 0 Å². The van der Waals surface area contributed by atoms with Gasteiger partial charge < -0.3 is 9.84 Å². The molecule has 2 saturated carbocycles. The van der Waals surface area contributed by atoms with Crippen LogP contribution in [0.3, 0.4) is 0 Å². The fourth-order valence-electron chi connectivity index (χ4n) is 6.26. The minimum Gasteiger partial charge on any atom is -0.504 e. The van der Waals surface area contributed by atoms with Crippen LogP contribution in [0.25, 0.3) is 0 Å². The molecule has 0 aliphatic heterocycles. The molecule has 33 heavy (non-hydrogen) atoms. The standard InChI is InChI=1S/C29H45FO3/c1-3-5-6-7-8-9-21-10-14-23(15-11-21)24-16-12-22(13-17-24)20-26(31)25-18-19-27(33-4-2)28(30)29(25)32/h18-19,21-24,32H,3-17,20H2,1-2H3. The van der Waals surface area contributed by atoms with Crippen molar-refractivity contribution in [3.8, 4) is 11.5 Å². The summed E-state index contributed by atoms with van der Waals surface area (Å²) in [5.41, 5.74) is 0.0890. The van der Waals surface area contributed by atoms with Crippen molar-refractivity contribution >= 4 is 5.78 Å². The zero-order valence-electron chi connectivity index (χ0n) is 20.9. The van der Waals surface area contributed by atoms with Gasteiger partial charge in [-0.3, -0.25) is 4.79 Å². The number of hydrogen-bond donors (Lipinski definition) is 1. The van der Waals surface area contributed by atoms with Crippen molar-refractivity contribution in [3.05, 3.63) is 23.5 Å². The lowest BCUT2D eigenvalue weighted by molar-refractivity contribution is 0.0916. The van der Waals surface area contributed by atoms with Gasteiger partial charge in [-0.1, -0.05) is 58.3 Å². The molecule has 0 unspecified atom stereocenters. The van der Waals surface area contributed by atoms with Crippen molar-refractivity contribution in [2.45, 2.75) is 110 Å². The number of carbonyl (C=O) groups is 1. The lowest BCUT2D eigenvalue weighted by Gasteiger charge is -2.38. The van der Waals surface area contributed by atoms with Gasteiger partial charge in [-0.15, -0.1) is 0 Å². The Kier molecular flexibility index (Phi) is 10.5. The van der Waals surface area contributed by atoms with E-state index in [1.165, 1.54) is 89.2 Å². The van der Waals surface area contributed by atoms with E-state index in [1.54, 1.807) is 6.92 Å². The van der Waals surface area contributed by atoms with Crippen LogP contribution in [0.4, 0.5) is 4.39 Å². The number of Topliss-reactive ketones (excluding diaryl/α,β-unsaturated/α-hetero) is 1. The maximum atomic E-state index is 14.3. The molecular formula is C29H45FO3. The first-order valence-electron chi connectivity index (χ1n) is 13.7. The highest BCUT2D eigenvalue weighted by Gasteiger charge is 2.32. The maximum absolute atomic E-state index is 14.3. The number of hydrogen-bond acceptors (Lipinski definition) is 3. The van der Waals surface area contributed by atoms with Gasteiger partial charge in [0.05, 0.1) is 12.2 Å². The molecule has 0 spiro atoms. The number of halogens is 1. The van der Waals surface area contributed by atoms with Crippen LogP contribution in [0.2, 0.25) is 0 Å². The first-order chi connectivity index (χ1) is 16.0. The Labute approximate surface area is 200 Å². The molecule has 2 aliphatic rings. The predicted molar refractivity (Wildman–Crippen MR) is 132 cm³/mol. The van der Waals surface area contributed by atoms with Crippen LogP contribution in [0.1, 0.15) is 121 Å². The van der Waals surface area contributed by atoms with E-state index in [4.69, 9.17) is 4.74 Å². The van der Waals surface area contributed by atoms with E-state index >= 15 is 0 Å². The second kappa shape index (κ2) is 13.3. The molecule has 1 N–H and O–H groups in total. The second-order valence-corrected chi connectivity index (χ2v) is 10.6. The summed E-state index contributed by atoms with van der Waals surface area (Å²) in [5.74, 6) is 1.45. The van der Waals surface area contributed by atoms with Crippen molar-refractivity contribution in [1.82, 2.24) is 0 Å². The highest BCUT2D eigenvalue weighted by molar-refractivity contribution is 5.99. The highest BCUT2D eigenvalue weighted by atomic mass is 19.1. The third-order valence-corrected chi connectivity index (χ3v) is 8.32. The summed E-state index contributed by atoms with van der Waals surface area (Å²) in [6.45, 7) is 4.35. The van der Waals surface area contributed by atoms with Gasteiger partial charge >= 0.3 is 0 Å². The van der Waals surface area contributed by atoms with Crippen LogP contribution in [0.5, 0.6) is 11.5 Å². The number of carbonyl (C=O) groups excluding carboxylic acids is 1. The molecule has 3 nitrogen and oxygen atoms in total. The van der Waals surface area contributed by atoms with Crippen molar-refractivity contribution < 1.29 is 19.0 Å². The number of unbranched alkanes of at least 4 members (excludes halogenated alkanes) is 4. The van der Waals surface area contributed by atoms with Gasteiger partial charge in [-0.2, -0.15) is 4.39 Å². The first-order valence-corrected chi connectivity index (χ1v) is 13.7. The molecule has 1 aromatic carbocycles. The molecule has 0 saturated heterocycles. The van der Waals surface area contributed by atoms with Crippen molar-refractivity contribution in [1.29, 1.82) is 0 Å². The minimum atomic E-state index is -0.831. The van der Waals surface area contributed by atoms with E-state index in [1.807, 2.05) is 0 Å². The molecule has 2 fully saturated rings. The Morgan fingerprint density at radius 2 is 1.52 bits per heavy atom. The number of phenols is 1. The van der Waals surface area contributed by atoms with E-state index < -0.39 is 11.6 Å². The smallest absolute Gasteiger partial charge is 0.207 e. The van der Waals surface area contributed by atoms with Crippen LogP contribution >= 0.6 is 0 Å². The van der Waals surface area contributed by atoms with Gasteiger partial charge in [0.1, 0.15) is 0 Å². The number of ether oxygens (including phenoxy) is 1. The second-order valence-electron chi connectivity index (χ2n) is 10.6. The Balaban J connectivity index is 1.38. The number of aromatic hydroxyl groups is 1. The van der Waals surface area contributed by atoms with E-state index in [0.717, 1.165) is 30.6 Å². The fraction of sp³-hybridized carbons (Fsp3) is 0.759. The molecule has 4 heteroatoms. The maximum Gasteiger partial charge on any atom is 0.207 e. The SMILES string of the molecule is CCCCCCCC1CCC(C2CCC(CC(=O)c3ccc(OCC)c(F)c3O)CC2)CC1. The summed E-state index contributed by atoms with van der Waals surface area (Å²) in [4.78, 5) is 12.8. The fourth-order valence-corrected chi connectivity index (χ4v) is 6.26.